The first-order valence-corrected chi connectivity index (χ1v) is 17.5. The fourth-order valence-corrected chi connectivity index (χ4v) is 7.76. The minimum absolute atomic E-state index is 0.187. The van der Waals surface area contributed by atoms with Crippen molar-refractivity contribution in [3.8, 4) is 11.1 Å². The van der Waals surface area contributed by atoms with Gasteiger partial charge in [-0.3, -0.25) is 14.6 Å². The maximum Gasteiger partial charge on any atom is 0.137 e. The van der Waals surface area contributed by atoms with E-state index < -0.39 is 0 Å². The first kappa shape index (κ1) is 32.8. The number of nitrogens with zero attached hydrogens (tertiary/aromatic N) is 3. The predicted octanol–water partition coefficient (Wildman–Crippen LogP) is 8.98. The number of ketones is 1. The summed E-state index contributed by atoms with van der Waals surface area (Å²) in [6, 6.07) is 18.2. The summed E-state index contributed by atoms with van der Waals surface area (Å²) in [5.41, 5.74) is 5.56. The molecule has 2 aliphatic heterocycles. The van der Waals surface area contributed by atoms with E-state index in [0.717, 1.165) is 111 Å². The SMILES string of the molecule is O=C(CCCCn1cc(-c2ccc(Cl)cc2Cl)c2cc(CN3CCN(Cc4c(Cl)cccc4Cl)CC3)ccc21)C1CCCNC1. The topological polar surface area (TPSA) is 40.5 Å². The number of Topliss-reactive ketones (excluding diaryl/α,β-unsaturated/α-hetero) is 1. The second kappa shape index (κ2) is 15.2. The number of fused-ring (bicyclic) bond motifs is 1. The smallest absolute Gasteiger partial charge is 0.137 e. The van der Waals surface area contributed by atoms with Crippen molar-refractivity contribution < 1.29 is 4.79 Å². The third-order valence-electron chi connectivity index (χ3n) is 9.31. The highest BCUT2D eigenvalue weighted by molar-refractivity contribution is 6.37. The number of halogens is 4. The van der Waals surface area contributed by atoms with Gasteiger partial charge in [0.25, 0.3) is 0 Å². The number of carbonyl (C=O) groups is 1. The van der Waals surface area contributed by atoms with Crippen LogP contribution in [0.5, 0.6) is 0 Å². The number of nitrogens with one attached hydrogen (secondary N) is 1. The largest absolute Gasteiger partial charge is 0.347 e. The van der Waals surface area contributed by atoms with E-state index in [0.29, 0.717) is 22.2 Å². The van der Waals surface area contributed by atoms with E-state index in [1.54, 1.807) is 0 Å². The molecule has 0 bridgehead atoms. The summed E-state index contributed by atoms with van der Waals surface area (Å²) in [5, 5.41) is 7.28. The Morgan fingerprint density at radius 3 is 2.29 bits per heavy atom. The van der Waals surface area contributed by atoms with E-state index in [9.17, 15) is 4.79 Å². The number of hydrogen-bond acceptors (Lipinski definition) is 4. The Morgan fingerprint density at radius 1 is 0.822 bits per heavy atom. The van der Waals surface area contributed by atoms with Gasteiger partial charge in [0, 0.05) is 119 Å². The molecule has 0 radical (unpaired) electrons. The molecule has 3 heterocycles. The van der Waals surface area contributed by atoms with Gasteiger partial charge in [-0.2, -0.15) is 0 Å². The lowest BCUT2D eigenvalue weighted by Crippen LogP contribution is -2.45. The average molecular weight is 687 g/mol. The van der Waals surface area contributed by atoms with E-state index in [2.05, 4.69) is 44.1 Å². The first-order chi connectivity index (χ1) is 21.9. The molecule has 5 nitrogen and oxygen atoms in total. The Labute approximate surface area is 286 Å². The molecular weight excluding hydrogens is 646 g/mol. The molecule has 4 aromatic rings. The fourth-order valence-electron chi connectivity index (χ4n) is 6.73. The van der Waals surface area contributed by atoms with Crippen LogP contribution in [0.25, 0.3) is 22.0 Å². The van der Waals surface area contributed by atoms with Crippen molar-refractivity contribution in [2.75, 3.05) is 39.3 Å². The van der Waals surface area contributed by atoms with E-state index in [1.165, 1.54) is 16.5 Å². The number of aryl methyl sites for hydroxylation is 1. The molecule has 45 heavy (non-hydrogen) atoms. The summed E-state index contributed by atoms with van der Waals surface area (Å²) in [6.45, 7) is 8.26. The number of rotatable bonds is 11. The quantitative estimate of drug-likeness (QED) is 0.160. The van der Waals surface area contributed by atoms with Crippen LogP contribution in [-0.4, -0.2) is 59.4 Å². The Bertz CT molecular complexity index is 1620. The minimum Gasteiger partial charge on any atom is -0.347 e. The number of hydrogen-bond donors (Lipinski definition) is 1. The molecule has 238 valence electrons. The molecule has 1 N–H and O–H groups in total. The van der Waals surface area contributed by atoms with Gasteiger partial charge in [0.15, 0.2) is 0 Å². The second-order valence-electron chi connectivity index (χ2n) is 12.4. The van der Waals surface area contributed by atoms with Crippen molar-refractivity contribution in [2.45, 2.75) is 51.7 Å². The molecule has 0 aliphatic carbocycles. The monoisotopic (exact) mass is 684 g/mol. The Hall–Kier alpha value is -2.09. The van der Waals surface area contributed by atoms with Crippen LogP contribution in [0.4, 0.5) is 0 Å². The minimum atomic E-state index is 0.187. The van der Waals surface area contributed by atoms with E-state index >= 15 is 0 Å². The van der Waals surface area contributed by atoms with Crippen molar-refractivity contribution in [3.63, 3.8) is 0 Å². The number of aromatic nitrogens is 1. The number of unbranched alkanes of at least 4 members (excludes halogenated alkanes) is 1. The highest BCUT2D eigenvalue weighted by Crippen LogP contribution is 2.37. The molecule has 0 amide bonds. The van der Waals surface area contributed by atoms with E-state index in [4.69, 9.17) is 46.4 Å². The van der Waals surface area contributed by atoms with Crippen molar-refractivity contribution in [3.05, 3.63) is 92.0 Å². The van der Waals surface area contributed by atoms with E-state index in [1.807, 2.05) is 36.4 Å². The zero-order valence-corrected chi connectivity index (χ0v) is 28.5. The third-order valence-corrected chi connectivity index (χ3v) is 10.6. The molecule has 0 saturated carbocycles. The molecule has 2 saturated heterocycles. The molecule has 9 heteroatoms. The van der Waals surface area contributed by atoms with Crippen LogP contribution in [0, 0.1) is 5.92 Å². The summed E-state index contributed by atoms with van der Waals surface area (Å²) < 4.78 is 2.32. The first-order valence-electron chi connectivity index (χ1n) is 16.0. The molecule has 1 aromatic heterocycles. The van der Waals surface area contributed by atoms with E-state index in [-0.39, 0.29) is 5.92 Å². The van der Waals surface area contributed by atoms with Crippen LogP contribution in [-0.2, 0) is 24.4 Å². The maximum atomic E-state index is 12.7. The van der Waals surface area contributed by atoms with Gasteiger partial charge in [-0.15, -0.1) is 0 Å². The summed E-state index contributed by atoms with van der Waals surface area (Å²) in [5.74, 6) is 0.596. The van der Waals surface area contributed by atoms with Crippen LogP contribution in [0.1, 0.15) is 43.2 Å². The van der Waals surface area contributed by atoms with Crippen molar-refractivity contribution >= 4 is 63.1 Å². The Balaban J connectivity index is 1.14. The lowest BCUT2D eigenvalue weighted by Gasteiger charge is -2.35. The third kappa shape index (κ3) is 8.08. The Morgan fingerprint density at radius 2 is 1.58 bits per heavy atom. The maximum absolute atomic E-state index is 12.7. The molecule has 2 fully saturated rings. The molecule has 1 unspecified atom stereocenters. The summed E-state index contributed by atoms with van der Waals surface area (Å²) in [4.78, 5) is 17.6. The summed E-state index contributed by atoms with van der Waals surface area (Å²) in [7, 11) is 0. The van der Waals surface area contributed by atoms with Gasteiger partial charge >= 0.3 is 0 Å². The molecule has 0 spiro atoms. The number of piperazine rings is 1. The highest BCUT2D eigenvalue weighted by Gasteiger charge is 2.22. The van der Waals surface area contributed by atoms with Crippen LogP contribution in [0.15, 0.2) is 60.8 Å². The number of piperidine rings is 1. The van der Waals surface area contributed by atoms with Gasteiger partial charge in [-0.25, -0.2) is 0 Å². The number of benzene rings is 3. The van der Waals surface area contributed by atoms with Gasteiger partial charge in [0.1, 0.15) is 5.78 Å². The van der Waals surface area contributed by atoms with Gasteiger partial charge in [0.05, 0.1) is 0 Å². The fraction of sp³-hybridized carbons (Fsp3) is 0.417. The Kier molecular flexibility index (Phi) is 11.1. The normalized spacial score (nSPS) is 18.1. The molecule has 3 aromatic carbocycles. The zero-order chi connectivity index (χ0) is 31.3. The lowest BCUT2D eigenvalue weighted by atomic mass is 9.92. The zero-order valence-electron chi connectivity index (χ0n) is 25.5. The lowest BCUT2D eigenvalue weighted by molar-refractivity contribution is -0.123. The molecule has 6 rings (SSSR count). The summed E-state index contributed by atoms with van der Waals surface area (Å²) in [6.07, 6.45) is 6.85. The van der Waals surface area contributed by atoms with Gasteiger partial charge < -0.3 is 9.88 Å². The van der Waals surface area contributed by atoms with Crippen LogP contribution >= 0.6 is 46.4 Å². The molecule has 1 atom stereocenters. The number of carbonyl (C=O) groups excluding carboxylic acids is 1. The van der Waals surface area contributed by atoms with Crippen molar-refractivity contribution in [1.82, 2.24) is 19.7 Å². The van der Waals surface area contributed by atoms with Crippen molar-refractivity contribution in [2.24, 2.45) is 5.92 Å². The van der Waals surface area contributed by atoms with Gasteiger partial charge in [-0.05, 0) is 74.2 Å². The predicted molar refractivity (Wildman–Crippen MR) is 189 cm³/mol. The van der Waals surface area contributed by atoms with Crippen LogP contribution in [0.2, 0.25) is 20.1 Å². The molecule has 2 aliphatic rings. The molecular formula is C36H40Cl4N4O. The average Bonchev–Trinajstić information content (AvgIpc) is 3.39. The van der Waals surface area contributed by atoms with Crippen LogP contribution < -0.4 is 5.32 Å². The van der Waals surface area contributed by atoms with Gasteiger partial charge in [-0.1, -0.05) is 64.6 Å². The standard InChI is InChI=1S/C36H40Cl4N4O/c37-27-10-11-28(34(40)20-27)30-24-44(14-2-1-8-36(45)26-5-4-13-41-21-26)35-12-9-25(19-29(30)35)22-42-15-17-43(18-16-42)23-31-32(38)6-3-7-33(31)39/h3,6-7,9-12,19-20,24,26,41H,1-2,4-5,8,13-18,21-23H2. The highest BCUT2D eigenvalue weighted by atomic mass is 35.5. The van der Waals surface area contributed by atoms with Crippen molar-refractivity contribution in [1.29, 1.82) is 0 Å². The second-order valence-corrected chi connectivity index (χ2v) is 14.1. The van der Waals surface area contributed by atoms with Gasteiger partial charge in [0.2, 0.25) is 0 Å². The van der Waals surface area contributed by atoms with Crippen LogP contribution in [0.3, 0.4) is 0 Å². The summed E-state index contributed by atoms with van der Waals surface area (Å²) >= 11 is 25.8.